The normalized spacial score (nSPS) is 17.8. The summed E-state index contributed by atoms with van der Waals surface area (Å²) < 4.78 is 0. The molecule has 1 fully saturated rings. The van der Waals surface area contributed by atoms with Gasteiger partial charge in [-0.15, -0.1) is 11.6 Å². The summed E-state index contributed by atoms with van der Waals surface area (Å²) >= 11 is 5.97. The topological polar surface area (TPSA) is 46.1 Å². The SMILES string of the molecule is O=C(c1ccnnc1)N1CCC(Cl)CC1. The second-order valence-corrected chi connectivity index (χ2v) is 4.22. The molecule has 0 atom stereocenters. The average molecular weight is 226 g/mol. The highest BCUT2D eigenvalue weighted by molar-refractivity contribution is 6.20. The number of rotatable bonds is 1. The van der Waals surface area contributed by atoms with Gasteiger partial charge in [0.15, 0.2) is 0 Å². The fourth-order valence-corrected chi connectivity index (χ4v) is 1.85. The zero-order valence-electron chi connectivity index (χ0n) is 8.27. The summed E-state index contributed by atoms with van der Waals surface area (Å²) in [5.74, 6) is 0.0217. The van der Waals surface area contributed by atoms with Crippen LogP contribution >= 0.6 is 11.6 Å². The molecule has 5 heteroatoms. The Labute approximate surface area is 93.2 Å². The van der Waals surface area contributed by atoms with Gasteiger partial charge in [-0.3, -0.25) is 4.79 Å². The Morgan fingerprint density at radius 3 is 2.73 bits per heavy atom. The molecule has 0 unspecified atom stereocenters. The van der Waals surface area contributed by atoms with Gasteiger partial charge >= 0.3 is 0 Å². The molecule has 1 aliphatic heterocycles. The molecule has 1 saturated heterocycles. The molecule has 1 aliphatic rings. The number of piperidine rings is 1. The van der Waals surface area contributed by atoms with Crippen LogP contribution in [0.4, 0.5) is 0 Å². The summed E-state index contributed by atoms with van der Waals surface area (Å²) in [7, 11) is 0. The minimum absolute atomic E-state index is 0.0217. The number of aromatic nitrogens is 2. The van der Waals surface area contributed by atoms with E-state index in [-0.39, 0.29) is 11.3 Å². The molecule has 2 rings (SSSR count). The van der Waals surface area contributed by atoms with Crippen molar-refractivity contribution in [1.29, 1.82) is 0 Å². The molecular weight excluding hydrogens is 214 g/mol. The van der Waals surface area contributed by atoms with E-state index in [4.69, 9.17) is 11.6 Å². The molecule has 0 N–H and O–H groups in total. The van der Waals surface area contributed by atoms with Crippen LogP contribution in [0.25, 0.3) is 0 Å². The van der Waals surface area contributed by atoms with Crippen LogP contribution < -0.4 is 0 Å². The molecule has 0 radical (unpaired) electrons. The standard InChI is InChI=1S/C10H12ClN3O/c11-9-2-5-14(6-3-9)10(15)8-1-4-12-13-7-8/h1,4,7,9H,2-3,5-6H2. The lowest BCUT2D eigenvalue weighted by molar-refractivity contribution is 0.0726. The number of amides is 1. The van der Waals surface area contributed by atoms with Crippen LogP contribution in [-0.4, -0.2) is 39.5 Å². The van der Waals surface area contributed by atoms with Crippen molar-refractivity contribution in [3.8, 4) is 0 Å². The van der Waals surface area contributed by atoms with Crippen LogP contribution in [-0.2, 0) is 0 Å². The van der Waals surface area contributed by atoms with E-state index in [0.29, 0.717) is 5.56 Å². The van der Waals surface area contributed by atoms with E-state index in [0.717, 1.165) is 25.9 Å². The van der Waals surface area contributed by atoms with E-state index in [1.54, 1.807) is 6.07 Å². The molecular formula is C10H12ClN3O. The second kappa shape index (κ2) is 4.57. The van der Waals surface area contributed by atoms with Crippen molar-refractivity contribution >= 4 is 17.5 Å². The molecule has 0 aliphatic carbocycles. The zero-order chi connectivity index (χ0) is 10.7. The van der Waals surface area contributed by atoms with Crippen molar-refractivity contribution in [3.05, 3.63) is 24.0 Å². The van der Waals surface area contributed by atoms with Crippen molar-refractivity contribution in [2.45, 2.75) is 18.2 Å². The minimum Gasteiger partial charge on any atom is -0.338 e. The lowest BCUT2D eigenvalue weighted by Crippen LogP contribution is -2.38. The molecule has 0 spiro atoms. The van der Waals surface area contributed by atoms with E-state index < -0.39 is 0 Å². The van der Waals surface area contributed by atoms with E-state index >= 15 is 0 Å². The average Bonchev–Trinajstić information content (AvgIpc) is 2.30. The van der Waals surface area contributed by atoms with Gasteiger partial charge in [-0.1, -0.05) is 0 Å². The summed E-state index contributed by atoms with van der Waals surface area (Å²) in [6.07, 6.45) is 4.76. The first-order chi connectivity index (χ1) is 7.27. The largest absolute Gasteiger partial charge is 0.338 e. The van der Waals surface area contributed by atoms with Crippen molar-refractivity contribution in [1.82, 2.24) is 15.1 Å². The maximum Gasteiger partial charge on any atom is 0.255 e. The summed E-state index contributed by atoms with van der Waals surface area (Å²) in [6, 6.07) is 1.68. The van der Waals surface area contributed by atoms with Gasteiger partial charge in [0.1, 0.15) is 0 Å². The quantitative estimate of drug-likeness (QED) is 0.678. The van der Waals surface area contributed by atoms with E-state index in [1.807, 2.05) is 4.90 Å². The molecule has 2 heterocycles. The third-order valence-electron chi connectivity index (χ3n) is 2.54. The third-order valence-corrected chi connectivity index (χ3v) is 2.98. The summed E-state index contributed by atoms with van der Waals surface area (Å²) in [5.41, 5.74) is 0.595. The maximum absolute atomic E-state index is 11.9. The first-order valence-electron chi connectivity index (χ1n) is 4.97. The third kappa shape index (κ3) is 2.45. The maximum atomic E-state index is 11.9. The molecule has 0 saturated carbocycles. The number of halogens is 1. The van der Waals surface area contributed by atoms with E-state index in [2.05, 4.69) is 10.2 Å². The van der Waals surface area contributed by atoms with E-state index in [9.17, 15) is 4.79 Å². The Morgan fingerprint density at radius 2 is 2.13 bits per heavy atom. The predicted octanol–water partition coefficient (Wildman–Crippen LogP) is 1.32. The molecule has 15 heavy (non-hydrogen) atoms. The van der Waals surface area contributed by atoms with Crippen LogP contribution in [0.15, 0.2) is 18.5 Å². The number of nitrogens with zero attached hydrogens (tertiary/aromatic N) is 3. The first-order valence-corrected chi connectivity index (χ1v) is 5.41. The van der Waals surface area contributed by atoms with Gasteiger partial charge in [-0.2, -0.15) is 10.2 Å². The van der Waals surface area contributed by atoms with Crippen LogP contribution in [0.5, 0.6) is 0 Å². The van der Waals surface area contributed by atoms with Crippen LogP contribution in [0.3, 0.4) is 0 Å². The number of likely N-dealkylation sites (tertiary alicyclic amines) is 1. The lowest BCUT2D eigenvalue weighted by atomic mass is 10.1. The highest BCUT2D eigenvalue weighted by atomic mass is 35.5. The minimum atomic E-state index is 0.0217. The molecule has 4 nitrogen and oxygen atoms in total. The smallest absolute Gasteiger partial charge is 0.255 e. The summed E-state index contributed by atoms with van der Waals surface area (Å²) in [5, 5.41) is 7.55. The first kappa shape index (κ1) is 10.4. The molecule has 80 valence electrons. The van der Waals surface area contributed by atoms with Crippen LogP contribution in [0.1, 0.15) is 23.2 Å². The number of hydrogen-bond donors (Lipinski definition) is 0. The Morgan fingerprint density at radius 1 is 1.40 bits per heavy atom. The van der Waals surface area contributed by atoms with Gasteiger partial charge in [0.2, 0.25) is 0 Å². The highest BCUT2D eigenvalue weighted by Crippen LogP contribution is 2.17. The fourth-order valence-electron chi connectivity index (χ4n) is 1.65. The summed E-state index contributed by atoms with van der Waals surface area (Å²) in [6.45, 7) is 1.46. The van der Waals surface area contributed by atoms with Crippen molar-refractivity contribution in [2.75, 3.05) is 13.1 Å². The molecule has 1 amide bonds. The van der Waals surface area contributed by atoms with Crippen molar-refractivity contribution in [3.63, 3.8) is 0 Å². The number of carbonyl (C=O) groups is 1. The highest BCUT2D eigenvalue weighted by Gasteiger charge is 2.22. The van der Waals surface area contributed by atoms with Crippen LogP contribution in [0, 0.1) is 0 Å². The monoisotopic (exact) mass is 225 g/mol. The molecule has 1 aromatic heterocycles. The van der Waals surface area contributed by atoms with Crippen molar-refractivity contribution in [2.24, 2.45) is 0 Å². The van der Waals surface area contributed by atoms with Gasteiger partial charge < -0.3 is 4.90 Å². The molecule has 0 bridgehead atoms. The Balaban J connectivity index is 2.03. The fraction of sp³-hybridized carbons (Fsp3) is 0.500. The van der Waals surface area contributed by atoms with Gasteiger partial charge in [0.05, 0.1) is 18.0 Å². The van der Waals surface area contributed by atoms with Gasteiger partial charge in [-0.05, 0) is 18.9 Å². The zero-order valence-corrected chi connectivity index (χ0v) is 9.02. The van der Waals surface area contributed by atoms with E-state index in [1.165, 1.54) is 12.4 Å². The Kier molecular flexibility index (Phi) is 3.16. The molecule has 0 aromatic carbocycles. The summed E-state index contributed by atoms with van der Waals surface area (Å²) in [4.78, 5) is 13.7. The van der Waals surface area contributed by atoms with Gasteiger partial charge in [-0.25, -0.2) is 0 Å². The predicted molar refractivity (Wildman–Crippen MR) is 56.8 cm³/mol. The number of hydrogen-bond acceptors (Lipinski definition) is 3. The van der Waals surface area contributed by atoms with Gasteiger partial charge in [0.25, 0.3) is 5.91 Å². The number of alkyl halides is 1. The Hall–Kier alpha value is -1.16. The van der Waals surface area contributed by atoms with Gasteiger partial charge in [0, 0.05) is 18.5 Å². The second-order valence-electron chi connectivity index (χ2n) is 3.60. The Bertz CT molecular complexity index is 336. The number of carbonyl (C=O) groups excluding carboxylic acids is 1. The van der Waals surface area contributed by atoms with Crippen molar-refractivity contribution < 1.29 is 4.79 Å². The molecule has 1 aromatic rings. The lowest BCUT2D eigenvalue weighted by Gasteiger charge is -2.29. The van der Waals surface area contributed by atoms with Crippen LogP contribution in [0.2, 0.25) is 0 Å².